The van der Waals surface area contributed by atoms with E-state index in [0.717, 1.165) is 37.0 Å². The van der Waals surface area contributed by atoms with Crippen LogP contribution in [0.1, 0.15) is 30.1 Å². The Labute approximate surface area is 147 Å². The van der Waals surface area contributed by atoms with Crippen LogP contribution in [0.2, 0.25) is 0 Å². The molecular weight excluding hydrogens is 314 g/mol. The summed E-state index contributed by atoms with van der Waals surface area (Å²) in [5.74, 6) is 1.85. The second kappa shape index (κ2) is 6.76. The normalized spacial score (nSPS) is 18.1. The maximum atomic E-state index is 4.52. The molecule has 0 amide bonds. The van der Waals surface area contributed by atoms with Gasteiger partial charge in [-0.2, -0.15) is 10.2 Å². The lowest BCUT2D eigenvalue weighted by molar-refractivity contribution is 0.218. The first kappa shape index (κ1) is 16.0. The molecule has 0 bridgehead atoms. The van der Waals surface area contributed by atoms with Gasteiger partial charge in [-0.3, -0.25) is 4.90 Å². The Kier molecular flexibility index (Phi) is 4.31. The third-order valence-electron chi connectivity index (χ3n) is 4.85. The van der Waals surface area contributed by atoms with E-state index >= 15 is 0 Å². The van der Waals surface area contributed by atoms with Gasteiger partial charge in [0, 0.05) is 12.6 Å². The Hall–Kier alpha value is -2.54. The van der Waals surface area contributed by atoms with Gasteiger partial charge >= 0.3 is 0 Å². The first-order chi connectivity index (χ1) is 12.2. The van der Waals surface area contributed by atoms with Crippen LogP contribution in [0.15, 0.2) is 36.9 Å². The quantitative estimate of drug-likeness (QED) is 0.714. The van der Waals surface area contributed by atoms with Crippen molar-refractivity contribution in [2.75, 3.05) is 6.54 Å². The van der Waals surface area contributed by atoms with Crippen LogP contribution in [0.4, 0.5) is 0 Å². The standard InChI is InChI=1S/C18H23N7/c1-14-21-15(2)24(22-14)11-18-4-3-9-23(18)10-16-5-7-17(8-6-16)25-13-19-12-20-25/h5-8,12-13,18H,3-4,9-11H2,1-2H3. The van der Waals surface area contributed by atoms with Crippen molar-refractivity contribution in [2.45, 2.75) is 45.8 Å². The predicted molar refractivity (Wildman–Crippen MR) is 94.3 cm³/mol. The smallest absolute Gasteiger partial charge is 0.147 e. The van der Waals surface area contributed by atoms with Crippen molar-refractivity contribution >= 4 is 0 Å². The van der Waals surface area contributed by atoms with Crippen molar-refractivity contribution in [3.8, 4) is 5.69 Å². The molecule has 1 fully saturated rings. The first-order valence-corrected chi connectivity index (χ1v) is 8.75. The summed E-state index contributed by atoms with van der Waals surface area (Å²) in [5, 5.41) is 8.69. The molecule has 1 aliphatic heterocycles. The van der Waals surface area contributed by atoms with Crippen LogP contribution in [0.25, 0.3) is 5.69 Å². The zero-order chi connectivity index (χ0) is 17.2. The van der Waals surface area contributed by atoms with Crippen molar-refractivity contribution in [1.82, 2.24) is 34.4 Å². The van der Waals surface area contributed by atoms with E-state index in [9.17, 15) is 0 Å². The topological polar surface area (TPSA) is 64.7 Å². The zero-order valence-electron chi connectivity index (χ0n) is 14.7. The molecule has 130 valence electrons. The molecule has 4 rings (SSSR count). The van der Waals surface area contributed by atoms with Gasteiger partial charge in [-0.15, -0.1) is 0 Å². The lowest BCUT2D eigenvalue weighted by Gasteiger charge is -2.24. The fourth-order valence-electron chi connectivity index (χ4n) is 3.57. The van der Waals surface area contributed by atoms with Crippen LogP contribution in [0, 0.1) is 13.8 Å². The van der Waals surface area contributed by atoms with Gasteiger partial charge in [0.15, 0.2) is 0 Å². The summed E-state index contributed by atoms with van der Waals surface area (Å²) < 4.78 is 3.82. The van der Waals surface area contributed by atoms with Crippen LogP contribution in [0.3, 0.4) is 0 Å². The molecule has 0 saturated carbocycles. The molecule has 1 aliphatic rings. The van der Waals surface area contributed by atoms with Gasteiger partial charge in [-0.25, -0.2) is 19.3 Å². The molecule has 0 spiro atoms. The van der Waals surface area contributed by atoms with Gasteiger partial charge in [0.1, 0.15) is 24.3 Å². The molecule has 25 heavy (non-hydrogen) atoms. The highest BCUT2D eigenvalue weighted by molar-refractivity contribution is 5.33. The molecule has 3 heterocycles. The van der Waals surface area contributed by atoms with Crippen LogP contribution >= 0.6 is 0 Å². The summed E-state index contributed by atoms with van der Waals surface area (Å²) >= 11 is 0. The van der Waals surface area contributed by atoms with Crippen molar-refractivity contribution in [2.24, 2.45) is 0 Å². The average Bonchev–Trinajstić information content (AvgIpc) is 3.32. The van der Waals surface area contributed by atoms with Gasteiger partial charge in [-0.1, -0.05) is 12.1 Å². The van der Waals surface area contributed by atoms with Crippen LogP contribution < -0.4 is 0 Å². The largest absolute Gasteiger partial charge is 0.294 e. The second-order valence-electron chi connectivity index (χ2n) is 6.66. The number of aryl methyl sites for hydroxylation is 2. The Balaban J connectivity index is 1.43. The van der Waals surface area contributed by atoms with E-state index in [1.54, 1.807) is 17.3 Å². The Bertz CT molecular complexity index is 820. The van der Waals surface area contributed by atoms with Crippen molar-refractivity contribution in [3.05, 3.63) is 54.1 Å². The molecule has 7 heteroatoms. The summed E-state index contributed by atoms with van der Waals surface area (Å²) in [6, 6.07) is 9.07. The Morgan fingerprint density at radius 2 is 2.00 bits per heavy atom. The zero-order valence-corrected chi connectivity index (χ0v) is 14.7. The Morgan fingerprint density at radius 3 is 2.68 bits per heavy atom. The second-order valence-corrected chi connectivity index (χ2v) is 6.66. The summed E-state index contributed by atoms with van der Waals surface area (Å²) in [6.45, 7) is 7.01. The summed E-state index contributed by atoms with van der Waals surface area (Å²) in [6.07, 6.45) is 5.73. The van der Waals surface area contributed by atoms with Gasteiger partial charge in [0.25, 0.3) is 0 Å². The van der Waals surface area contributed by atoms with E-state index in [2.05, 4.69) is 49.3 Å². The maximum absolute atomic E-state index is 4.52. The van der Waals surface area contributed by atoms with Gasteiger partial charge in [0.05, 0.1) is 12.2 Å². The molecule has 0 N–H and O–H groups in total. The number of hydrogen-bond donors (Lipinski definition) is 0. The van der Waals surface area contributed by atoms with Gasteiger partial charge in [0.2, 0.25) is 0 Å². The molecule has 2 aromatic heterocycles. The van der Waals surface area contributed by atoms with Crippen LogP contribution in [-0.2, 0) is 13.1 Å². The number of hydrogen-bond acceptors (Lipinski definition) is 5. The molecule has 1 unspecified atom stereocenters. The van der Waals surface area contributed by atoms with Crippen molar-refractivity contribution < 1.29 is 0 Å². The molecule has 3 aromatic rings. The minimum atomic E-state index is 0.523. The molecule has 0 radical (unpaired) electrons. The third-order valence-corrected chi connectivity index (χ3v) is 4.85. The van der Waals surface area contributed by atoms with E-state index in [0.29, 0.717) is 6.04 Å². The molecule has 1 saturated heterocycles. The fourth-order valence-corrected chi connectivity index (χ4v) is 3.57. The van der Waals surface area contributed by atoms with Gasteiger partial charge < -0.3 is 0 Å². The minimum absolute atomic E-state index is 0.523. The monoisotopic (exact) mass is 337 g/mol. The number of benzene rings is 1. The third kappa shape index (κ3) is 3.46. The van der Waals surface area contributed by atoms with Crippen molar-refractivity contribution in [1.29, 1.82) is 0 Å². The van der Waals surface area contributed by atoms with Crippen LogP contribution in [0.5, 0.6) is 0 Å². The first-order valence-electron chi connectivity index (χ1n) is 8.75. The maximum Gasteiger partial charge on any atom is 0.147 e. The minimum Gasteiger partial charge on any atom is -0.294 e. The number of likely N-dealkylation sites (tertiary alicyclic amines) is 1. The molecule has 0 aliphatic carbocycles. The number of aromatic nitrogens is 6. The SMILES string of the molecule is Cc1nc(C)n(CC2CCCN2Cc2ccc(-n3cncn3)cc2)n1. The highest BCUT2D eigenvalue weighted by atomic mass is 15.4. The molecule has 1 atom stereocenters. The predicted octanol–water partition coefficient (Wildman–Crippen LogP) is 2.14. The highest BCUT2D eigenvalue weighted by Crippen LogP contribution is 2.22. The van der Waals surface area contributed by atoms with Crippen LogP contribution in [-0.4, -0.2) is 47.0 Å². The van der Waals surface area contributed by atoms with E-state index < -0.39 is 0 Å². The summed E-state index contributed by atoms with van der Waals surface area (Å²) in [5.41, 5.74) is 2.36. The van der Waals surface area contributed by atoms with Gasteiger partial charge in [-0.05, 0) is 50.9 Å². The molecule has 1 aromatic carbocycles. The number of rotatable bonds is 5. The van der Waals surface area contributed by atoms with E-state index in [-0.39, 0.29) is 0 Å². The fraction of sp³-hybridized carbons (Fsp3) is 0.444. The summed E-state index contributed by atoms with van der Waals surface area (Å²) in [7, 11) is 0. The lowest BCUT2D eigenvalue weighted by atomic mass is 10.1. The van der Waals surface area contributed by atoms with Crippen molar-refractivity contribution in [3.63, 3.8) is 0 Å². The molecular formula is C18H23N7. The number of nitrogens with zero attached hydrogens (tertiary/aromatic N) is 7. The van der Waals surface area contributed by atoms with E-state index in [1.165, 1.54) is 18.4 Å². The van der Waals surface area contributed by atoms with E-state index in [4.69, 9.17) is 0 Å². The molecule has 7 nitrogen and oxygen atoms in total. The highest BCUT2D eigenvalue weighted by Gasteiger charge is 2.25. The lowest BCUT2D eigenvalue weighted by Crippen LogP contribution is -2.33. The van der Waals surface area contributed by atoms with E-state index in [1.807, 2.05) is 18.5 Å². The summed E-state index contributed by atoms with van der Waals surface area (Å²) in [4.78, 5) is 11.0. The Morgan fingerprint density at radius 1 is 1.16 bits per heavy atom. The average molecular weight is 337 g/mol.